The van der Waals surface area contributed by atoms with E-state index in [2.05, 4.69) is 5.16 Å². The standard InChI is InChI=1S/C15H14ClNO5/c1-7(2)12-13(10-6-9(15(18)19)17-22-10)8(16)5-11-14(12)21-4-3-20-11/h5-7H,3-4H2,1-2H3,(H,18,19). The molecule has 1 N–H and O–H groups in total. The quantitative estimate of drug-likeness (QED) is 0.929. The lowest BCUT2D eigenvalue weighted by molar-refractivity contribution is 0.0686. The first-order chi connectivity index (χ1) is 10.5. The zero-order valence-corrected chi connectivity index (χ0v) is 12.8. The number of carbonyl (C=O) groups is 1. The van der Waals surface area contributed by atoms with E-state index in [1.165, 1.54) is 6.07 Å². The van der Waals surface area contributed by atoms with Crippen molar-refractivity contribution in [2.24, 2.45) is 0 Å². The molecule has 0 radical (unpaired) electrons. The number of ether oxygens (including phenoxy) is 2. The summed E-state index contributed by atoms with van der Waals surface area (Å²) in [7, 11) is 0. The summed E-state index contributed by atoms with van der Waals surface area (Å²) >= 11 is 6.36. The minimum atomic E-state index is -1.16. The van der Waals surface area contributed by atoms with Gasteiger partial charge in [-0.25, -0.2) is 4.79 Å². The Morgan fingerprint density at radius 3 is 2.68 bits per heavy atom. The highest BCUT2D eigenvalue weighted by molar-refractivity contribution is 6.33. The normalized spacial score (nSPS) is 13.5. The SMILES string of the molecule is CC(C)c1c2c(cc(Cl)c1-c1cc(C(=O)O)no1)OCCO2. The molecule has 0 bridgehead atoms. The molecule has 116 valence electrons. The van der Waals surface area contributed by atoms with Crippen LogP contribution in [0.1, 0.15) is 35.8 Å². The van der Waals surface area contributed by atoms with E-state index < -0.39 is 5.97 Å². The van der Waals surface area contributed by atoms with Gasteiger partial charge in [-0.3, -0.25) is 0 Å². The smallest absolute Gasteiger partial charge is 0.358 e. The first kappa shape index (κ1) is 14.7. The van der Waals surface area contributed by atoms with Gasteiger partial charge in [-0.15, -0.1) is 0 Å². The number of aromatic nitrogens is 1. The maximum Gasteiger partial charge on any atom is 0.358 e. The summed E-state index contributed by atoms with van der Waals surface area (Å²) < 4.78 is 16.5. The van der Waals surface area contributed by atoms with Crippen molar-refractivity contribution in [3.05, 3.63) is 28.4 Å². The number of carboxylic acids is 1. The van der Waals surface area contributed by atoms with Gasteiger partial charge in [-0.1, -0.05) is 30.6 Å². The van der Waals surface area contributed by atoms with Gasteiger partial charge in [0.05, 0.1) is 5.02 Å². The molecule has 1 aromatic carbocycles. The Morgan fingerprint density at radius 1 is 1.32 bits per heavy atom. The van der Waals surface area contributed by atoms with Crippen LogP contribution in [0.4, 0.5) is 0 Å². The second-order valence-corrected chi connectivity index (χ2v) is 5.61. The number of aromatic carboxylic acids is 1. The molecule has 6 nitrogen and oxygen atoms in total. The van der Waals surface area contributed by atoms with Crippen molar-refractivity contribution in [2.75, 3.05) is 13.2 Å². The van der Waals surface area contributed by atoms with Crippen LogP contribution in [-0.4, -0.2) is 29.4 Å². The third kappa shape index (κ3) is 2.39. The fourth-order valence-electron chi connectivity index (χ4n) is 2.47. The molecular weight excluding hydrogens is 310 g/mol. The highest BCUT2D eigenvalue weighted by Gasteiger charge is 2.27. The average molecular weight is 324 g/mol. The van der Waals surface area contributed by atoms with Gasteiger partial charge in [0.15, 0.2) is 23.0 Å². The lowest BCUT2D eigenvalue weighted by Crippen LogP contribution is -2.17. The molecule has 0 fully saturated rings. The number of benzene rings is 1. The van der Waals surface area contributed by atoms with Crippen LogP contribution < -0.4 is 9.47 Å². The molecule has 1 aromatic heterocycles. The van der Waals surface area contributed by atoms with Crippen molar-refractivity contribution in [1.82, 2.24) is 5.16 Å². The summed E-state index contributed by atoms with van der Waals surface area (Å²) in [5.41, 5.74) is 1.23. The maximum atomic E-state index is 11.0. The van der Waals surface area contributed by atoms with Gasteiger partial charge in [0.1, 0.15) is 13.2 Å². The number of halogens is 1. The lowest BCUT2D eigenvalue weighted by Gasteiger charge is -2.25. The first-order valence-corrected chi connectivity index (χ1v) is 7.19. The number of carboxylic acid groups (broad SMARTS) is 1. The largest absolute Gasteiger partial charge is 0.486 e. The zero-order chi connectivity index (χ0) is 15.9. The van der Waals surface area contributed by atoms with Gasteiger partial charge in [0.2, 0.25) is 0 Å². The molecule has 0 amide bonds. The molecule has 3 rings (SSSR count). The highest BCUT2D eigenvalue weighted by atomic mass is 35.5. The fraction of sp³-hybridized carbons (Fsp3) is 0.333. The molecule has 22 heavy (non-hydrogen) atoms. The second kappa shape index (κ2) is 5.53. The van der Waals surface area contributed by atoms with Crippen LogP contribution in [-0.2, 0) is 0 Å². The molecule has 0 saturated heterocycles. The molecule has 2 aromatic rings. The molecule has 0 saturated carbocycles. The summed E-state index contributed by atoms with van der Waals surface area (Å²) in [4.78, 5) is 11.0. The van der Waals surface area contributed by atoms with Crippen LogP contribution in [0.2, 0.25) is 5.02 Å². The minimum absolute atomic E-state index is 0.0718. The highest BCUT2D eigenvalue weighted by Crippen LogP contribution is 2.47. The Labute approximate surface area is 131 Å². The third-order valence-electron chi connectivity index (χ3n) is 3.37. The molecule has 0 atom stereocenters. The summed E-state index contributed by atoms with van der Waals surface area (Å²) in [5, 5.41) is 12.9. The number of hydrogen-bond donors (Lipinski definition) is 1. The Hall–Kier alpha value is -2.21. The molecule has 7 heteroatoms. The van der Waals surface area contributed by atoms with Gasteiger partial charge in [0, 0.05) is 23.3 Å². The predicted octanol–water partition coefficient (Wildman–Crippen LogP) is 3.59. The predicted molar refractivity (Wildman–Crippen MR) is 79.0 cm³/mol. The number of nitrogens with zero attached hydrogens (tertiary/aromatic N) is 1. The van der Waals surface area contributed by atoms with E-state index in [1.54, 1.807) is 6.07 Å². The monoisotopic (exact) mass is 323 g/mol. The van der Waals surface area contributed by atoms with E-state index in [9.17, 15) is 4.79 Å². The van der Waals surface area contributed by atoms with Crippen molar-refractivity contribution in [2.45, 2.75) is 19.8 Å². The molecule has 0 unspecified atom stereocenters. The Kier molecular flexibility index (Phi) is 3.70. The summed E-state index contributed by atoms with van der Waals surface area (Å²) in [6, 6.07) is 3.01. The first-order valence-electron chi connectivity index (χ1n) is 6.81. The van der Waals surface area contributed by atoms with Crippen molar-refractivity contribution in [3.63, 3.8) is 0 Å². The van der Waals surface area contributed by atoms with Crippen LogP contribution in [0.5, 0.6) is 11.5 Å². The summed E-state index contributed by atoms with van der Waals surface area (Å²) in [6.07, 6.45) is 0. The molecule has 0 aliphatic carbocycles. The van der Waals surface area contributed by atoms with Gasteiger partial charge in [0.25, 0.3) is 0 Å². The summed E-state index contributed by atoms with van der Waals surface area (Å²) in [6.45, 7) is 4.89. The van der Waals surface area contributed by atoms with E-state index in [4.69, 9.17) is 30.7 Å². The van der Waals surface area contributed by atoms with E-state index in [0.29, 0.717) is 41.1 Å². The zero-order valence-electron chi connectivity index (χ0n) is 12.1. The molecular formula is C15H14ClNO5. The number of fused-ring (bicyclic) bond motifs is 1. The number of hydrogen-bond acceptors (Lipinski definition) is 5. The third-order valence-corrected chi connectivity index (χ3v) is 3.67. The van der Waals surface area contributed by atoms with Crippen LogP contribution >= 0.6 is 11.6 Å². The minimum Gasteiger partial charge on any atom is -0.486 e. The maximum absolute atomic E-state index is 11.0. The van der Waals surface area contributed by atoms with E-state index in [1.807, 2.05) is 13.8 Å². The van der Waals surface area contributed by atoms with Gasteiger partial charge >= 0.3 is 5.97 Å². The average Bonchev–Trinajstić information content (AvgIpc) is 2.95. The van der Waals surface area contributed by atoms with Crippen molar-refractivity contribution >= 4 is 17.6 Å². The molecule has 0 spiro atoms. The van der Waals surface area contributed by atoms with Gasteiger partial charge in [-0.2, -0.15) is 0 Å². The van der Waals surface area contributed by atoms with Crippen LogP contribution in [0, 0.1) is 0 Å². The van der Waals surface area contributed by atoms with Crippen molar-refractivity contribution in [3.8, 4) is 22.8 Å². The van der Waals surface area contributed by atoms with E-state index in [-0.39, 0.29) is 11.6 Å². The Morgan fingerprint density at radius 2 is 2.05 bits per heavy atom. The van der Waals surface area contributed by atoms with Crippen LogP contribution in [0.25, 0.3) is 11.3 Å². The van der Waals surface area contributed by atoms with Crippen LogP contribution in [0.15, 0.2) is 16.7 Å². The van der Waals surface area contributed by atoms with E-state index in [0.717, 1.165) is 5.56 Å². The van der Waals surface area contributed by atoms with Gasteiger partial charge < -0.3 is 19.1 Å². The fourth-order valence-corrected chi connectivity index (χ4v) is 2.77. The van der Waals surface area contributed by atoms with Crippen molar-refractivity contribution < 1.29 is 23.9 Å². The molecule has 2 heterocycles. The van der Waals surface area contributed by atoms with E-state index >= 15 is 0 Å². The number of rotatable bonds is 3. The topological polar surface area (TPSA) is 81.8 Å². The Bertz CT molecular complexity index is 738. The summed E-state index contributed by atoms with van der Waals surface area (Å²) in [5.74, 6) is 0.413. The molecule has 1 aliphatic heterocycles. The van der Waals surface area contributed by atoms with Crippen LogP contribution in [0.3, 0.4) is 0 Å². The molecule has 1 aliphatic rings. The lowest BCUT2D eigenvalue weighted by atomic mass is 9.93. The van der Waals surface area contributed by atoms with Crippen molar-refractivity contribution in [1.29, 1.82) is 0 Å². The Balaban J connectivity index is 2.23. The second-order valence-electron chi connectivity index (χ2n) is 5.21. The van der Waals surface area contributed by atoms with Gasteiger partial charge in [-0.05, 0) is 5.92 Å².